The van der Waals surface area contributed by atoms with E-state index in [-0.39, 0.29) is 11.9 Å². The van der Waals surface area contributed by atoms with Crippen LogP contribution in [0.15, 0.2) is 49.2 Å². The van der Waals surface area contributed by atoms with Gasteiger partial charge in [0, 0.05) is 25.1 Å². The van der Waals surface area contributed by atoms with Crippen molar-refractivity contribution in [1.82, 2.24) is 29.4 Å². The Morgan fingerprint density at radius 1 is 1.19 bits per heavy atom. The van der Waals surface area contributed by atoms with Crippen molar-refractivity contribution in [3.63, 3.8) is 0 Å². The number of fused-ring (bicyclic) bond motifs is 1. The number of nitrogens with zero attached hydrogens (tertiary/aromatic N) is 7. The van der Waals surface area contributed by atoms with Crippen LogP contribution in [0.1, 0.15) is 30.1 Å². The normalized spacial score (nSPS) is 17.1. The van der Waals surface area contributed by atoms with E-state index in [9.17, 15) is 4.39 Å². The van der Waals surface area contributed by atoms with Crippen LogP contribution in [0.3, 0.4) is 0 Å². The first kappa shape index (κ1) is 15.9. The Bertz CT molecular complexity index is 1120. The highest BCUT2D eigenvalue weighted by atomic mass is 19.1. The molecule has 8 heteroatoms. The summed E-state index contributed by atoms with van der Waals surface area (Å²) in [5.41, 5.74) is 3.07. The van der Waals surface area contributed by atoms with Gasteiger partial charge in [-0.05, 0) is 43.5 Å². The van der Waals surface area contributed by atoms with Crippen molar-refractivity contribution in [1.29, 1.82) is 0 Å². The maximum Gasteiger partial charge on any atom is 0.183 e. The second-order valence-corrected chi connectivity index (χ2v) is 6.77. The molecule has 27 heavy (non-hydrogen) atoms. The summed E-state index contributed by atoms with van der Waals surface area (Å²) in [5, 5.41) is 8.73. The van der Waals surface area contributed by atoms with E-state index in [0.29, 0.717) is 11.3 Å². The van der Waals surface area contributed by atoms with Gasteiger partial charge in [-0.15, -0.1) is 0 Å². The largest absolute Gasteiger partial charge is 0.348 e. The van der Waals surface area contributed by atoms with E-state index in [0.717, 1.165) is 36.5 Å². The van der Waals surface area contributed by atoms with Gasteiger partial charge < -0.3 is 4.90 Å². The summed E-state index contributed by atoms with van der Waals surface area (Å²) in [7, 11) is 0. The molecule has 4 aromatic rings. The van der Waals surface area contributed by atoms with Crippen molar-refractivity contribution in [2.24, 2.45) is 0 Å². The maximum atomic E-state index is 14.3. The molecule has 0 spiro atoms. The van der Waals surface area contributed by atoms with Crippen LogP contribution in [0.25, 0.3) is 11.3 Å². The summed E-state index contributed by atoms with van der Waals surface area (Å²) in [4.78, 5) is 11.2. The van der Waals surface area contributed by atoms with E-state index in [4.69, 9.17) is 4.98 Å². The number of hydrogen-bond donors (Lipinski definition) is 0. The van der Waals surface area contributed by atoms with Crippen LogP contribution in [-0.2, 0) is 0 Å². The molecule has 1 aliphatic heterocycles. The Morgan fingerprint density at radius 2 is 2.11 bits per heavy atom. The van der Waals surface area contributed by atoms with Crippen LogP contribution >= 0.6 is 0 Å². The van der Waals surface area contributed by atoms with Gasteiger partial charge >= 0.3 is 0 Å². The predicted octanol–water partition coefficient (Wildman–Crippen LogP) is 3.10. The third kappa shape index (κ3) is 2.64. The zero-order valence-corrected chi connectivity index (χ0v) is 14.8. The molecule has 0 radical (unpaired) electrons. The summed E-state index contributed by atoms with van der Waals surface area (Å²) in [6.45, 7) is 2.80. The van der Waals surface area contributed by atoms with Gasteiger partial charge in [0.15, 0.2) is 5.65 Å². The van der Waals surface area contributed by atoms with Gasteiger partial charge in [-0.1, -0.05) is 0 Å². The van der Waals surface area contributed by atoms with E-state index in [1.54, 1.807) is 33.9 Å². The number of rotatable bonds is 3. The Morgan fingerprint density at radius 3 is 2.93 bits per heavy atom. The summed E-state index contributed by atoms with van der Waals surface area (Å²) in [5.74, 6) is 0.521. The number of pyridine rings is 1. The number of aryl methyl sites for hydroxylation is 1. The number of anilines is 1. The fourth-order valence-electron chi connectivity index (χ4n) is 3.68. The highest BCUT2D eigenvalue weighted by molar-refractivity contribution is 5.61. The molecule has 1 atom stereocenters. The van der Waals surface area contributed by atoms with Crippen LogP contribution in [0.5, 0.6) is 0 Å². The molecule has 0 bridgehead atoms. The fourth-order valence-corrected chi connectivity index (χ4v) is 3.68. The van der Waals surface area contributed by atoms with Gasteiger partial charge in [0.1, 0.15) is 17.3 Å². The first-order chi connectivity index (χ1) is 13.2. The lowest BCUT2D eigenvalue weighted by molar-refractivity contribution is 0.562. The lowest BCUT2D eigenvalue weighted by Crippen LogP contribution is -2.25. The minimum Gasteiger partial charge on any atom is -0.348 e. The van der Waals surface area contributed by atoms with Crippen molar-refractivity contribution in [3.05, 3.63) is 66.3 Å². The van der Waals surface area contributed by atoms with Gasteiger partial charge in [-0.25, -0.2) is 18.6 Å². The van der Waals surface area contributed by atoms with Gasteiger partial charge in [0.05, 0.1) is 24.1 Å². The van der Waals surface area contributed by atoms with Gasteiger partial charge in [0.2, 0.25) is 0 Å². The van der Waals surface area contributed by atoms with Crippen LogP contribution in [0, 0.1) is 12.7 Å². The molecule has 0 aromatic carbocycles. The topological polar surface area (TPSA) is 64.1 Å². The van der Waals surface area contributed by atoms with E-state index in [2.05, 4.69) is 20.1 Å². The van der Waals surface area contributed by atoms with E-state index in [1.165, 1.54) is 6.07 Å². The van der Waals surface area contributed by atoms with Crippen LogP contribution in [0.4, 0.5) is 10.2 Å². The third-order valence-corrected chi connectivity index (χ3v) is 4.94. The molecule has 0 aliphatic carbocycles. The van der Waals surface area contributed by atoms with Crippen molar-refractivity contribution in [2.75, 3.05) is 11.4 Å². The molecule has 0 unspecified atom stereocenters. The Balaban J connectivity index is 1.57. The summed E-state index contributed by atoms with van der Waals surface area (Å²) in [6.07, 6.45) is 10.8. The Kier molecular flexibility index (Phi) is 3.63. The quantitative estimate of drug-likeness (QED) is 0.560. The van der Waals surface area contributed by atoms with Crippen LogP contribution in [-0.4, -0.2) is 35.9 Å². The Hall–Kier alpha value is -3.29. The molecule has 0 amide bonds. The second-order valence-electron chi connectivity index (χ2n) is 6.77. The lowest BCUT2D eigenvalue weighted by atomic mass is 10.1. The van der Waals surface area contributed by atoms with Gasteiger partial charge in [-0.3, -0.25) is 4.98 Å². The monoisotopic (exact) mass is 363 g/mol. The first-order valence-electron chi connectivity index (χ1n) is 8.94. The average molecular weight is 363 g/mol. The highest BCUT2D eigenvalue weighted by Gasteiger charge is 2.30. The molecule has 1 fully saturated rings. The van der Waals surface area contributed by atoms with Crippen molar-refractivity contribution in [3.8, 4) is 5.69 Å². The van der Waals surface area contributed by atoms with E-state index < -0.39 is 0 Å². The summed E-state index contributed by atoms with van der Waals surface area (Å²) >= 11 is 0. The van der Waals surface area contributed by atoms with Crippen LogP contribution < -0.4 is 4.90 Å². The third-order valence-electron chi connectivity index (χ3n) is 4.94. The predicted molar refractivity (Wildman–Crippen MR) is 98.4 cm³/mol. The molecule has 7 nitrogen and oxygen atoms in total. The summed E-state index contributed by atoms with van der Waals surface area (Å²) < 4.78 is 17.8. The van der Waals surface area contributed by atoms with Crippen molar-refractivity contribution >= 4 is 11.5 Å². The summed E-state index contributed by atoms with van der Waals surface area (Å²) in [6, 6.07) is 4.88. The molecule has 4 aromatic heterocycles. The first-order valence-corrected chi connectivity index (χ1v) is 8.94. The fraction of sp³-hybridized carbons (Fsp3) is 0.263. The average Bonchev–Trinajstić information content (AvgIpc) is 3.40. The molecule has 0 saturated carbocycles. The molecule has 1 aliphatic rings. The van der Waals surface area contributed by atoms with Gasteiger partial charge in [0.25, 0.3) is 0 Å². The SMILES string of the molecule is Cc1cnn(-c2cnn3ccc(N4CCC[C@@H]4c4ncccc4F)nc23)c1. The number of aromatic nitrogens is 6. The standard InChI is InChI=1S/C19H18FN7/c1-13-10-22-27(12-13)16-11-23-26-9-6-17(24-19(16)26)25-8-3-5-15(25)18-14(20)4-2-7-21-18/h2,4,6-7,9-12,15H,3,5,8H2,1H3/t15-/m1/s1. The molecule has 5 rings (SSSR count). The zero-order chi connectivity index (χ0) is 18.4. The maximum absolute atomic E-state index is 14.3. The minimum absolute atomic E-state index is 0.112. The zero-order valence-electron chi connectivity index (χ0n) is 14.8. The molecule has 1 saturated heterocycles. The molecule has 0 N–H and O–H groups in total. The number of halogens is 1. The van der Waals surface area contributed by atoms with Gasteiger partial charge in [-0.2, -0.15) is 10.2 Å². The van der Waals surface area contributed by atoms with E-state index >= 15 is 0 Å². The van der Waals surface area contributed by atoms with Crippen molar-refractivity contribution < 1.29 is 4.39 Å². The molecular weight excluding hydrogens is 345 g/mol. The van der Waals surface area contributed by atoms with Crippen molar-refractivity contribution in [2.45, 2.75) is 25.8 Å². The lowest BCUT2D eigenvalue weighted by Gasteiger charge is -2.25. The second kappa shape index (κ2) is 6.15. The van der Waals surface area contributed by atoms with Crippen LogP contribution in [0.2, 0.25) is 0 Å². The Labute approximate surface area is 155 Å². The molecular formula is C19H18FN7. The molecule has 5 heterocycles. The number of hydrogen-bond acceptors (Lipinski definition) is 5. The molecule has 136 valence electrons. The highest BCUT2D eigenvalue weighted by Crippen LogP contribution is 2.35. The smallest absolute Gasteiger partial charge is 0.183 e. The van der Waals surface area contributed by atoms with E-state index in [1.807, 2.05) is 25.4 Å². The minimum atomic E-state index is -0.271.